The van der Waals surface area contributed by atoms with E-state index >= 15 is 0 Å². The van der Waals surface area contributed by atoms with E-state index in [1.54, 1.807) is 20.8 Å². The molecule has 2 fully saturated rings. The van der Waals surface area contributed by atoms with Gasteiger partial charge in [-0.05, 0) is 20.8 Å². The van der Waals surface area contributed by atoms with Gasteiger partial charge in [0.05, 0.1) is 0 Å². The Morgan fingerprint density at radius 2 is 1.70 bits per heavy atom. The summed E-state index contributed by atoms with van der Waals surface area (Å²) in [5, 5.41) is -3.09. The van der Waals surface area contributed by atoms with Crippen molar-refractivity contribution in [3.63, 3.8) is 0 Å². The largest absolute Gasteiger partial charge is 0.492 e. The highest BCUT2D eigenvalue weighted by molar-refractivity contribution is 6.64. The molecule has 9 heteroatoms. The predicted octanol–water partition coefficient (Wildman–Crippen LogP) is 3.48. The first-order valence-electron chi connectivity index (χ1n) is 6.25. The molecular weight excluding hydrogens is 284 g/mol. The van der Waals surface area contributed by atoms with E-state index < -0.39 is 48.4 Å². The molecule has 0 radical (unpaired) electrons. The molecule has 1 heterocycles. The van der Waals surface area contributed by atoms with Crippen LogP contribution in [0.3, 0.4) is 0 Å². The van der Waals surface area contributed by atoms with Crippen LogP contribution in [0.25, 0.3) is 0 Å². The molecule has 0 aromatic rings. The van der Waals surface area contributed by atoms with Gasteiger partial charge in [0.2, 0.25) is 5.92 Å². The maximum absolute atomic E-state index is 13.7. The third-order valence-corrected chi connectivity index (χ3v) is 4.33. The number of carbonyl (C=O) groups is 1. The fraction of sp³-hybridized carbons (Fsp3) is 0.909. The Bertz CT molecular complexity index is 461. The van der Waals surface area contributed by atoms with E-state index in [1.165, 1.54) is 0 Å². The number of carbonyl (C=O) groups excluding carboxylic acids is 1. The number of rotatable bonds is 1. The molecular formula is C11H16BF5NO2-. The predicted molar refractivity (Wildman–Crippen MR) is 62.6 cm³/mol. The van der Waals surface area contributed by atoms with E-state index in [4.69, 9.17) is 4.74 Å². The molecule has 2 unspecified atom stereocenters. The molecule has 2 aliphatic rings. The Hall–Kier alpha value is -1.02. The molecule has 2 rings (SSSR count). The second-order valence-corrected chi connectivity index (χ2v) is 6.79. The molecule has 116 valence electrons. The number of alkyl halides is 2. The zero-order valence-electron chi connectivity index (χ0n) is 11.6. The van der Waals surface area contributed by atoms with Crippen LogP contribution in [-0.4, -0.2) is 42.6 Å². The standard InChI is InChI=1S/C11H16BF5NO2/c1-8(2,3)20-7(19)18-5-9(4)10(6-18,11(9,13)14)12(15,16)17/h5-6H2,1-4H3/q-1. The molecule has 1 saturated carbocycles. The van der Waals surface area contributed by atoms with Gasteiger partial charge in [0, 0.05) is 23.8 Å². The van der Waals surface area contributed by atoms with Crippen LogP contribution in [-0.2, 0) is 4.74 Å². The van der Waals surface area contributed by atoms with Crippen molar-refractivity contribution in [1.29, 1.82) is 0 Å². The van der Waals surface area contributed by atoms with E-state index in [0.29, 0.717) is 0 Å². The van der Waals surface area contributed by atoms with Crippen molar-refractivity contribution < 1.29 is 31.3 Å². The fourth-order valence-corrected chi connectivity index (χ4v) is 3.17. The zero-order valence-corrected chi connectivity index (χ0v) is 11.6. The van der Waals surface area contributed by atoms with Gasteiger partial charge >= 0.3 is 13.1 Å². The summed E-state index contributed by atoms with van der Waals surface area (Å²) in [5.41, 5.74) is -3.13. The van der Waals surface area contributed by atoms with Crippen molar-refractivity contribution >= 4 is 13.1 Å². The Morgan fingerprint density at radius 3 is 2.05 bits per heavy atom. The second-order valence-electron chi connectivity index (χ2n) is 6.79. The summed E-state index contributed by atoms with van der Waals surface area (Å²) < 4.78 is 71.6. The average molecular weight is 300 g/mol. The van der Waals surface area contributed by atoms with Gasteiger partial charge in [-0.1, -0.05) is 6.92 Å². The van der Waals surface area contributed by atoms with Crippen molar-refractivity contribution in [1.82, 2.24) is 4.90 Å². The number of hydrogen-bond acceptors (Lipinski definition) is 2. The van der Waals surface area contributed by atoms with Crippen LogP contribution in [0.1, 0.15) is 27.7 Å². The molecule has 1 aliphatic heterocycles. The van der Waals surface area contributed by atoms with Gasteiger partial charge in [0.25, 0.3) is 0 Å². The topological polar surface area (TPSA) is 29.5 Å². The third-order valence-electron chi connectivity index (χ3n) is 4.33. The van der Waals surface area contributed by atoms with Gasteiger partial charge in [0.1, 0.15) is 5.60 Å². The molecule has 1 aliphatic carbocycles. The fourth-order valence-electron chi connectivity index (χ4n) is 3.17. The number of fused-ring (bicyclic) bond motifs is 1. The molecule has 0 N–H and O–H groups in total. The van der Waals surface area contributed by atoms with Gasteiger partial charge in [-0.15, -0.1) is 0 Å². The minimum atomic E-state index is -5.77. The van der Waals surface area contributed by atoms with Crippen LogP contribution < -0.4 is 0 Å². The number of ether oxygens (including phenoxy) is 1. The highest BCUT2D eigenvalue weighted by Gasteiger charge is 2.95. The van der Waals surface area contributed by atoms with Crippen molar-refractivity contribution in [2.45, 2.75) is 44.5 Å². The lowest BCUT2D eigenvalue weighted by molar-refractivity contribution is 0.00172. The van der Waals surface area contributed by atoms with Crippen LogP contribution in [0.5, 0.6) is 0 Å². The number of likely N-dealkylation sites (tertiary alicyclic amines) is 1. The SMILES string of the molecule is CC(C)(C)OC(=O)N1CC2(C)C(F)(F)C2([B-](F)(F)F)C1. The van der Waals surface area contributed by atoms with Crippen molar-refractivity contribution in [3.05, 3.63) is 0 Å². The Kier molecular flexibility index (Phi) is 2.76. The molecule has 1 amide bonds. The van der Waals surface area contributed by atoms with Gasteiger partial charge in [-0.25, -0.2) is 13.6 Å². The minimum absolute atomic E-state index is 0.643. The summed E-state index contributed by atoms with van der Waals surface area (Å²) in [5.74, 6) is -3.82. The van der Waals surface area contributed by atoms with Crippen LogP contribution in [0.15, 0.2) is 0 Å². The van der Waals surface area contributed by atoms with E-state index in [-0.39, 0.29) is 0 Å². The Morgan fingerprint density at radius 1 is 1.20 bits per heavy atom. The van der Waals surface area contributed by atoms with Gasteiger partial charge < -0.3 is 22.6 Å². The van der Waals surface area contributed by atoms with Crippen molar-refractivity contribution in [2.24, 2.45) is 5.41 Å². The average Bonchev–Trinajstić information content (AvgIpc) is 2.51. The van der Waals surface area contributed by atoms with Gasteiger partial charge in [-0.2, -0.15) is 0 Å². The lowest BCUT2D eigenvalue weighted by Gasteiger charge is -2.30. The molecule has 2 atom stereocenters. The highest BCUT2D eigenvalue weighted by Crippen LogP contribution is 2.87. The number of halogens is 5. The number of amides is 1. The van der Waals surface area contributed by atoms with Crippen molar-refractivity contribution in [3.8, 4) is 0 Å². The minimum Gasteiger partial charge on any atom is -0.448 e. The van der Waals surface area contributed by atoms with Crippen molar-refractivity contribution in [2.75, 3.05) is 13.1 Å². The quantitative estimate of drug-likeness (QED) is 0.548. The molecule has 0 spiro atoms. The smallest absolute Gasteiger partial charge is 0.448 e. The van der Waals surface area contributed by atoms with Crippen LogP contribution in [0.4, 0.5) is 26.5 Å². The van der Waals surface area contributed by atoms with Crippen LogP contribution in [0, 0.1) is 5.41 Å². The monoisotopic (exact) mass is 300 g/mol. The van der Waals surface area contributed by atoms with E-state index in [1.807, 2.05) is 0 Å². The number of nitrogens with zero attached hydrogens (tertiary/aromatic N) is 1. The first-order valence-corrected chi connectivity index (χ1v) is 6.25. The summed E-state index contributed by atoms with van der Waals surface area (Å²) in [6.07, 6.45) is -0.985. The number of piperidine rings is 1. The first-order chi connectivity index (χ1) is 8.70. The summed E-state index contributed by atoms with van der Waals surface area (Å²) in [7, 11) is 0. The maximum Gasteiger partial charge on any atom is 0.492 e. The van der Waals surface area contributed by atoms with Crippen LogP contribution >= 0.6 is 0 Å². The third kappa shape index (κ3) is 1.61. The Balaban J connectivity index is 2.23. The van der Waals surface area contributed by atoms with Crippen LogP contribution in [0.2, 0.25) is 5.31 Å². The normalized spacial score (nSPS) is 35.8. The Labute approximate surface area is 113 Å². The summed E-state index contributed by atoms with van der Waals surface area (Å²) in [6, 6.07) is 0. The molecule has 0 aromatic carbocycles. The molecule has 1 saturated heterocycles. The lowest BCUT2D eigenvalue weighted by atomic mass is 9.65. The molecule has 3 nitrogen and oxygen atoms in total. The van der Waals surface area contributed by atoms with Gasteiger partial charge in [-0.3, -0.25) is 0 Å². The zero-order chi connectivity index (χ0) is 15.8. The van der Waals surface area contributed by atoms with E-state index in [0.717, 1.165) is 11.8 Å². The second kappa shape index (κ2) is 3.60. The summed E-state index contributed by atoms with van der Waals surface area (Å²) in [4.78, 5) is 12.5. The van der Waals surface area contributed by atoms with Gasteiger partial charge in [0.15, 0.2) is 0 Å². The highest BCUT2D eigenvalue weighted by atomic mass is 19.4. The molecule has 20 heavy (non-hydrogen) atoms. The molecule has 0 bridgehead atoms. The first kappa shape index (κ1) is 15.4. The number of hydrogen-bond donors (Lipinski definition) is 0. The summed E-state index contributed by atoms with van der Waals surface area (Å²) in [6.45, 7) is -1.89. The van der Waals surface area contributed by atoms with E-state index in [9.17, 15) is 26.5 Å². The molecule has 0 aromatic heterocycles. The summed E-state index contributed by atoms with van der Waals surface area (Å²) >= 11 is 0. The maximum atomic E-state index is 13.7. The lowest BCUT2D eigenvalue weighted by Crippen LogP contribution is -2.43. The van der Waals surface area contributed by atoms with E-state index in [2.05, 4.69) is 0 Å².